The summed E-state index contributed by atoms with van der Waals surface area (Å²) < 4.78 is 28.1. The van der Waals surface area contributed by atoms with Crippen LogP contribution < -0.4 is 5.73 Å². The lowest BCUT2D eigenvalue weighted by Crippen LogP contribution is -2.21. The van der Waals surface area contributed by atoms with Gasteiger partial charge in [0.15, 0.2) is 0 Å². The highest BCUT2D eigenvalue weighted by molar-refractivity contribution is 7.99. The second kappa shape index (κ2) is 7.20. The molecule has 0 amide bonds. The zero-order valence-electron chi connectivity index (χ0n) is 11.4. The minimum Gasteiger partial charge on any atom is -0.327 e. The van der Waals surface area contributed by atoms with Crippen molar-refractivity contribution < 1.29 is 8.78 Å². The Morgan fingerprint density at radius 2 is 1.95 bits per heavy atom. The summed E-state index contributed by atoms with van der Waals surface area (Å²) >= 11 is 6.66. The molecule has 2 aromatic rings. The van der Waals surface area contributed by atoms with Gasteiger partial charge in [0.2, 0.25) is 0 Å². The van der Waals surface area contributed by atoms with Crippen LogP contribution in [0.1, 0.15) is 18.9 Å². The van der Waals surface area contributed by atoms with Crippen molar-refractivity contribution in [1.29, 1.82) is 0 Å². The molecule has 1 heterocycles. The third-order valence-electron chi connectivity index (χ3n) is 2.99. The third-order valence-corrected chi connectivity index (χ3v) is 4.26. The van der Waals surface area contributed by atoms with Crippen LogP contribution in [0.3, 0.4) is 0 Å². The Hall–Kier alpha value is -1.17. The van der Waals surface area contributed by atoms with Crippen LogP contribution in [-0.4, -0.2) is 11.0 Å². The van der Waals surface area contributed by atoms with E-state index in [2.05, 4.69) is 4.98 Å². The molecule has 0 spiro atoms. The predicted octanol–water partition coefficient (Wildman–Crippen LogP) is 4.44. The van der Waals surface area contributed by atoms with Crippen LogP contribution in [0.5, 0.6) is 0 Å². The summed E-state index contributed by atoms with van der Waals surface area (Å²) in [5.41, 5.74) is 6.37. The minimum absolute atomic E-state index is 0.0707. The maximum absolute atomic E-state index is 14.1. The first kappa shape index (κ1) is 16.2. The van der Waals surface area contributed by atoms with E-state index in [0.29, 0.717) is 22.0 Å². The molecule has 21 heavy (non-hydrogen) atoms. The van der Waals surface area contributed by atoms with Crippen LogP contribution >= 0.6 is 23.4 Å². The molecule has 6 heteroatoms. The molecule has 0 saturated heterocycles. The molecule has 2 rings (SSSR count). The van der Waals surface area contributed by atoms with Crippen LogP contribution in [0.2, 0.25) is 5.02 Å². The van der Waals surface area contributed by atoms with E-state index in [1.165, 1.54) is 18.3 Å². The van der Waals surface area contributed by atoms with Gasteiger partial charge in [-0.2, -0.15) is 0 Å². The molecule has 1 aromatic heterocycles. The largest absolute Gasteiger partial charge is 0.327 e. The van der Waals surface area contributed by atoms with Crippen LogP contribution in [0.4, 0.5) is 8.78 Å². The van der Waals surface area contributed by atoms with Gasteiger partial charge < -0.3 is 5.73 Å². The van der Waals surface area contributed by atoms with E-state index in [1.807, 2.05) is 6.92 Å². The van der Waals surface area contributed by atoms with Gasteiger partial charge in [-0.1, -0.05) is 30.3 Å². The second-order valence-electron chi connectivity index (χ2n) is 4.68. The number of rotatable bonds is 5. The summed E-state index contributed by atoms with van der Waals surface area (Å²) in [4.78, 5) is 3.95. The SMILES string of the molecule is CCC(N)Cc1cc(F)c(Sc2ccc(Cl)cn2)c(F)c1. The lowest BCUT2D eigenvalue weighted by Gasteiger charge is -2.11. The fraction of sp³-hybridized carbons (Fsp3) is 0.267. The molecule has 0 aliphatic heterocycles. The van der Waals surface area contributed by atoms with Crippen molar-refractivity contribution in [3.63, 3.8) is 0 Å². The topological polar surface area (TPSA) is 38.9 Å². The molecule has 112 valence electrons. The van der Waals surface area contributed by atoms with Gasteiger partial charge in [0.1, 0.15) is 16.7 Å². The van der Waals surface area contributed by atoms with E-state index in [4.69, 9.17) is 17.3 Å². The second-order valence-corrected chi connectivity index (χ2v) is 6.14. The number of pyridine rings is 1. The average Bonchev–Trinajstić information content (AvgIpc) is 2.44. The zero-order valence-corrected chi connectivity index (χ0v) is 13.0. The molecule has 0 fully saturated rings. The number of benzene rings is 1. The maximum Gasteiger partial charge on any atom is 0.140 e. The molecule has 2 N–H and O–H groups in total. The number of nitrogens with two attached hydrogens (primary N) is 1. The monoisotopic (exact) mass is 328 g/mol. The van der Waals surface area contributed by atoms with E-state index >= 15 is 0 Å². The van der Waals surface area contributed by atoms with Crippen LogP contribution in [0, 0.1) is 11.6 Å². The minimum atomic E-state index is -0.602. The molecular formula is C15H15ClF2N2S. The van der Waals surface area contributed by atoms with Crippen molar-refractivity contribution >= 4 is 23.4 Å². The highest BCUT2D eigenvalue weighted by Gasteiger charge is 2.14. The Morgan fingerprint density at radius 1 is 1.29 bits per heavy atom. The molecular weight excluding hydrogens is 314 g/mol. The Labute approximate surface area is 131 Å². The molecule has 1 aromatic carbocycles. The van der Waals surface area contributed by atoms with Gasteiger partial charge in [-0.3, -0.25) is 0 Å². The Kier molecular flexibility index (Phi) is 5.56. The summed E-state index contributed by atoms with van der Waals surface area (Å²) in [7, 11) is 0. The molecule has 1 unspecified atom stereocenters. The molecule has 0 saturated carbocycles. The van der Waals surface area contributed by atoms with Gasteiger partial charge in [-0.25, -0.2) is 13.8 Å². The first-order valence-electron chi connectivity index (χ1n) is 6.52. The average molecular weight is 329 g/mol. The summed E-state index contributed by atoms with van der Waals surface area (Å²) in [6.45, 7) is 1.94. The number of halogens is 3. The molecule has 0 aliphatic rings. The summed E-state index contributed by atoms with van der Waals surface area (Å²) in [5.74, 6) is -1.20. The zero-order chi connectivity index (χ0) is 15.4. The van der Waals surface area contributed by atoms with Crippen molar-refractivity contribution in [3.05, 3.63) is 52.7 Å². The van der Waals surface area contributed by atoms with Gasteiger partial charge in [-0.05, 0) is 42.7 Å². The van der Waals surface area contributed by atoms with E-state index in [-0.39, 0.29) is 10.9 Å². The normalized spacial score (nSPS) is 12.4. The van der Waals surface area contributed by atoms with Gasteiger partial charge in [0.05, 0.1) is 9.92 Å². The molecule has 1 atom stereocenters. The molecule has 2 nitrogen and oxygen atoms in total. The fourth-order valence-electron chi connectivity index (χ4n) is 1.80. The van der Waals surface area contributed by atoms with Gasteiger partial charge >= 0.3 is 0 Å². The fourth-order valence-corrected chi connectivity index (χ4v) is 2.68. The van der Waals surface area contributed by atoms with Crippen molar-refractivity contribution in [3.8, 4) is 0 Å². The highest BCUT2D eigenvalue weighted by atomic mass is 35.5. The van der Waals surface area contributed by atoms with E-state index in [1.54, 1.807) is 12.1 Å². The van der Waals surface area contributed by atoms with Gasteiger partial charge in [0.25, 0.3) is 0 Å². The Bertz CT molecular complexity index is 597. The molecule has 0 radical (unpaired) electrons. The quantitative estimate of drug-likeness (QED) is 0.881. The molecule has 0 aliphatic carbocycles. The van der Waals surface area contributed by atoms with Crippen LogP contribution in [0.15, 0.2) is 40.4 Å². The van der Waals surface area contributed by atoms with Crippen LogP contribution in [0.25, 0.3) is 0 Å². The summed E-state index contributed by atoms with van der Waals surface area (Å²) in [6, 6.07) is 5.81. The highest BCUT2D eigenvalue weighted by Crippen LogP contribution is 2.32. The van der Waals surface area contributed by atoms with Crippen molar-refractivity contribution in [1.82, 2.24) is 4.98 Å². The lowest BCUT2D eigenvalue weighted by molar-refractivity contribution is 0.533. The smallest absolute Gasteiger partial charge is 0.140 e. The number of nitrogens with zero attached hydrogens (tertiary/aromatic N) is 1. The first-order chi connectivity index (χ1) is 9.99. The number of hydrogen-bond donors (Lipinski definition) is 1. The van der Waals surface area contributed by atoms with E-state index in [0.717, 1.165) is 18.2 Å². The summed E-state index contributed by atoms with van der Waals surface area (Å²) in [5, 5.41) is 0.958. The summed E-state index contributed by atoms with van der Waals surface area (Å²) in [6.07, 6.45) is 2.65. The third kappa shape index (κ3) is 4.40. The maximum atomic E-state index is 14.1. The number of hydrogen-bond acceptors (Lipinski definition) is 3. The van der Waals surface area contributed by atoms with Crippen molar-refractivity contribution in [2.45, 2.75) is 35.7 Å². The van der Waals surface area contributed by atoms with Crippen molar-refractivity contribution in [2.24, 2.45) is 5.73 Å². The molecule has 0 bridgehead atoms. The lowest BCUT2D eigenvalue weighted by atomic mass is 10.0. The standard InChI is InChI=1S/C15H15ClF2N2S/c1-2-11(19)5-9-6-12(17)15(13(18)7-9)21-14-4-3-10(16)8-20-14/h3-4,6-8,11H,2,5,19H2,1H3. The van der Waals surface area contributed by atoms with E-state index in [9.17, 15) is 8.78 Å². The number of aromatic nitrogens is 1. The Balaban J connectivity index is 2.22. The van der Waals surface area contributed by atoms with Crippen LogP contribution in [-0.2, 0) is 6.42 Å². The van der Waals surface area contributed by atoms with E-state index < -0.39 is 11.6 Å². The Morgan fingerprint density at radius 3 is 2.48 bits per heavy atom. The predicted molar refractivity (Wildman–Crippen MR) is 81.7 cm³/mol. The van der Waals surface area contributed by atoms with Crippen molar-refractivity contribution in [2.75, 3.05) is 0 Å². The first-order valence-corrected chi connectivity index (χ1v) is 7.72. The van der Waals surface area contributed by atoms with Gasteiger partial charge in [-0.15, -0.1) is 0 Å². The van der Waals surface area contributed by atoms with Gasteiger partial charge in [0, 0.05) is 12.2 Å².